The molecule has 1 aliphatic heterocycles. The Kier molecular flexibility index (Phi) is 7.51. The molecule has 2 aromatic rings. The van der Waals surface area contributed by atoms with Gasteiger partial charge in [0.2, 0.25) is 11.8 Å². The highest BCUT2D eigenvalue weighted by Gasteiger charge is 2.26. The second-order valence-corrected chi connectivity index (χ2v) is 7.30. The summed E-state index contributed by atoms with van der Waals surface area (Å²) in [5.41, 5.74) is 6.33. The Balaban J connectivity index is 1.40. The van der Waals surface area contributed by atoms with E-state index in [2.05, 4.69) is 16.2 Å². The second kappa shape index (κ2) is 10.5. The van der Waals surface area contributed by atoms with Gasteiger partial charge in [0, 0.05) is 25.1 Å². The van der Waals surface area contributed by atoms with Crippen molar-refractivity contribution in [1.29, 1.82) is 0 Å². The molecule has 0 bridgehead atoms. The molecule has 2 aromatic carbocycles. The van der Waals surface area contributed by atoms with E-state index >= 15 is 0 Å². The highest BCUT2D eigenvalue weighted by atomic mass is 32.1. The van der Waals surface area contributed by atoms with Crippen molar-refractivity contribution in [3.8, 4) is 0 Å². The van der Waals surface area contributed by atoms with Gasteiger partial charge in [0.15, 0.2) is 5.11 Å². The minimum atomic E-state index is -0.439. The molecular weight excluding hydrogens is 403 g/mol. The molecule has 6 nitrogen and oxygen atoms in total. The van der Waals surface area contributed by atoms with E-state index in [0.717, 1.165) is 5.56 Å². The highest BCUT2D eigenvalue weighted by Crippen LogP contribution is 2.18. The van der Waals surface area contributed by atoms with Gasteiger partial charge in [-0.05, 0) is 48.8 Å². The normalized spacial score (nSPS) is 14.4. The Bertz CT molecular complexity index is 928. The third-order valence-electron chi connectivity index (χ3n) is 4.82. The molecule has 0 atom stereocenters. The maximum atomic E-state index is 13.6. The number of amides is 2. The molecule has 0 aliphatic carbocycles. The van der Waals surface area contributed by atoms with Crippen molar-refractivity contribution in [1.82, 2.24) is 15.8 Å². The Labute approximate surface area is 180 Å². The van der Waals surface area contributed by atoms with Gasteiger partial charge in [0.05, 0.1) is 5.69 Å². The number of rotatable bonds is 4. The summed E-state index contributed by atoms with van der Waals surface area (Å²) in [5.74, 6) is -0.937. The van der Waals surface area contributed by atoms with Gasteiger partial charge in [-0.25, -0.2) is 4.39 Å². The fraction of sp³-hybridized carbons (Fsp3) is 0.227. The Morgan fingerprint density at radius 2 is 1.67 bits per heavy atom. The topological polar surface area (TPSA) is 73.5 Å². The van der Waals surface area contributed by atoms with E-state index in [4.69, 9.17) is 12.2 Å². The number of carbonyl (C=O) groups excluding carboxylic acids is 2. The van der Waals surface area contributed by atoms with Crippen LogP contribution in [0.5, 0.6) is 0 Å². The van der Waals surface area contributed by atoms with Gasteiger partial charge in [-0.3, -0.25) is 20.4 Å². The molecule has 8 heteroatoms. The van der Waals surface area contributed by atoms with Gasteiger partial charge >= 0.3 is 0 Å². The summed E-state index contributed by atoms with van der Waals surface area (Å²) in [5, 5.41) is 2.78. The fourth-order valence-electron chi connectivity index (χ4n) is 3.14. The van der Waals surface area contributed by atoms with Crippen LogP contribution in [0, 0.1) is 11.7 Å². The van der Waals surface area contributed by atoms with Crippen molar-refractivity contribution in [3.63, 3.8) is 0 Å². The summed E-state index contributed by atoms with van der Waals surface area (Å²) < 4.78 is 13.6. The van der Waals surface area contributed by atoms with Crippen LogP contribution in [0.15, 0.2) is 60.7 Å². The summed E-state index contributed by atoms with van der Waals surface area (Å²) in [6, 6.07) is 15.7. The largest absolute Gasteiger partial charge is 0.339 e. The van der Waals surface area contributed by atoms with Gasteiger partial charge in [-0.15, -0.1) is 0 Å². The van der Waals surface area contributed by atoms with Gasteiger partial charge in [-0.1, -0.05) is 42.5 Å². The lowest BCUT2D eigenvalue weighted by Crippen LogP contribution is -2.49. The first-order chi connectivity index (χ1) is 14.5. The maximum absolute atomic E-state index is 13.6. The number of carbonyl (C=O) groups is 2. The van der Waals surface area contributed by atoms with Gasteiger partial charge in [0.1, 0.15) is 5.82 Å². The molecule has 0 saturated carbocycles. The number of likely N-dealkylation sites (tertiary alicyclic amines) is 1. The number of hydrazine groups is 1. The lowest BCUT2D eigenvalue weighted by Gasteiger charge is -2.30. The van der Waals surface area contributed by atoms with E-state index in [1.165, 1.54) is 6.07 Å². The minimum absolute atomic E-state index is 0.0638. The zero-order valence-electron chi connectivity index (χ0n) is 16.3. The van der Waals surface area contributed by atoms with Crippen molar-refractivity contribution in [2.45, 2.75) is 12.8 Å². The lowest BCUT2D eigenvalue weighted by atomic mass is 9.96. The van der Waals surface area contributed by atoms with E-state index in [1.807, 2.05) is 30.3 Å². The summed E-state index contributed by atoms with van der Waals surface area (Å²) >= 11 is 5.07. The quantitative estimate of drug-likeness (QED) is 0.398. The van der Waals surface area contributed by atoms with E-state index < -0.39 is 5.82 Å². The molecule has 1 saturated heterocycles. The van der Waals surface area contributed by atoms with E-state index in [-0.39, 0.29) is 28.5 Å². The minimum Gasteiger partial charge on any atom is -0.339 e. The zero-order chi connectivity index (χ0) is 21.3. The van der Waals surface area contributed by atoms with Crippen molar-refractivity contribution >= 4 is 40.9 Å². The van der Waals surface area contributed by atoms with Crippen LogP contribution < -0.4 is 16.2 Å². The molecule has 0 aromatic heterocycles. The first kappa shape index (κ1) is 21.4. The van der Waals surface area contributed by atoms with Crippen LogP contribution in [-0.4, -0.2) is 34.9 Å². The number of piperidine rings is 1. The Morgan fingerprint density at radius 3 is 2.37 bits per heavy atom. The third-order valence-corrected chi connectivity index (χ3v) is 5.02. The van der Waals surface area contributed by atoms with E-state index in [0.29, 0.717) is 25.9 Å². The van der Waals surface area contributed by atoms with Crippen LogP contribution in [0.2, 0.25) is 0 Å². The molecule has 0 radical (unpaired) electrons. The van der Waals surface area contributed by atoms with Crippen molar-refractivity contribution in [2.24, 2.45) is 5.92 Å². The monoisotopic (exact) mass is 426 g/mol. The summed E-state index contributed by atoms with van der Waals surface area (Å²) in [6.07, 6.45) is 4.47. The Hall–Kier alpha value is -3.26. The molecule has 3 rings (SSSR count). The zero-order valence-corrected chi connectivity index (χ0v) is 17.1. The Morgan fingerprint density at radius 1 is 1.00 bits per heavy atom. The van der Waals surface area contributed by atoms with Crippen LogP contribution in [0.3, 0.4) is 0 Å². The number of thiocarbonyl (C=S) groups is 1. The van der Waals surface area contributed by atoms with E-state index in [1.54, 1.807) is 35.3 Å². The molecule has 1 aliphatic rings. The number of hydrogen-bond acceptors (Lipinski definition) is 3. The summed E-state index contributed by atoms with van der Waals surface area (Å²) in [4.78, 5) is 26.4. The fourth-order valence-corrected chi connectivity index (χ4v) is 3.30. The number of anilines is 1. The number of nitrogens with one attached hydrogen (secondary N) is 3. The van der Waals surface area contributed by atoms with E-state index in [9.17, 15) is 14.0 Å². The predicted molar refractivity (Wildman–Crippen MR) is 119 cm³/mol. The number of nitrogens with zero attached hydrogens (tertiary/aromatic N) is 1. The first-order valence-corrected chi connectivity index (χ1v) is 10.1. The molecule has 1 fully saturated rings. The SMILES string of the molecule is O=C(NNC(=S)Nc1ccccc1F)C1CCN(C(=O)/C=C/c2ccccc2)CC1. The molecular formula is C22H23FN4O2S. The van der Waals surface area contributed by atoms with Crippen LogP contribution in [-0.2, 0) is 9.59 Å². The predicted octanol–water partition coefficient (Wildman–Crippen LogP) is 3.10. The van der Waals surface area contributed by atoms with Gasteiger partial charge < -0.3 is 10.2 Å². The van der Waals surface area contributed by atoms with Crippen LogP contribution in [0.4, 0.5) is 10.1 Å². The molecule has 3 N–H and O–H groups in total. The molecule has 0 spiro atoms. The molecule has 156 valence electrons. The van der Waals surface area contributed by atoms with Crippen LogP contribution >= 0.6 is 12.2 Å². The standard InChI is InChI=1S/C22H23FN4O2S/c23-18-8-4-5-9-19(18)24-22(30)26-25-21(29)17-12-14-27(15-13-17)20(28)11-10-16-6-2-1-3-7-16/h1-11,17H,12-15H2,(H,25,29)(H2,24,26,30)/b11-10+. The highest BCUT2D eigenvalue weighted by molar-refractivity contribution is 7.80. The summed E-state index contributed by atoms with van der Waals surface area (Å²) in [7, 11) is 0. The third kappa shape index (κ3) is 6.12. The molecule has 30 heavy (non-hydrogen) atoms. The van der Waals surface area contributed by atoms with Crippen molar-refractivity contribution < 1.29 is 14.0 Å². The van der Waals surface area contributed by atoms with Crippen LogP contribution in [0.25, 0.3) is 6.08 Å². The van der Waals surface area contributed by atoms with Crippen LogP contribution in [0.1, 0.15) is 18.4 Å². The van der Waals surface area contributed by atoms with Crippen molar-refractivity contribution in [3.05, 3.63) is 72.1 Å². The maximum Gasteiger partial charge on any atom is 0.246 e. The van der Waals surface area contributed by atoms with Gasteiger partial charge in [0.25, 0.3) is 0 Å². The number of benzene rings is 2. The smallest absolute Gasteiger partial charge is 0.246 e. The average Bonchev–Trinajstić information content (AvgIpc) is 2.78. The summed E-state index contributed by atoms with van der Waals surface area (Å²) in [6.45, 7) is 1.02. The number of halogens is 1. The molecule has 1 heterocycles. The molecule has 0 unspecified atom stereocenters. The average molecular weight is 427 g/mol. The second-order valence-electron chi connectivity index (χ2n) is 6.89. The first-order valence-electron chi connectivity index (χ1n) is 9.66. The molecule has 2 amide bonds. The number of para-hydroxylation sites is 1. The van der Waals surface area contributed by atoms with Crippen molar-refractivity contribution in [2.75, 3.05) is 18.4 Å². The lowest BCUT2D eigenvalue weighted by molar-refractivity contribution is -0.132. The number of hydrogen-bond donors (Lipinski definition) is 3. The van der Waals surface area contributed by atoms with Gasteiger partial charge in [-0.2, -0.15) is 0 Å².